The van der Waals surface area contributed by atoms with Gasteiger partial charge >= 0.3 is 0 Å². The Morgan fingerprint density at radius 3 is 2.44 bits per heavy atom. The van der Waals surface area contributed by atoms with E-state index >= 15 is 0 Å². The van der Waals surface area contributed by atoms with Gasteiger partial charge in [0.25, 0.3) is 0 Å². The first kappa shape index (κ1) is 16.8. The maximum atomic E-state index is 14.3. The third kappa shape index (κ3) is 2.83. The van der Waals surface area contributed by atoms with E-state index in [-0.39, 0.29) is 23.0 Å². The van der Waals surface area contributed by atoms with Crippen molar-refractivity contribution >= 4 is 10.9 Å². The first-order valence-electron chi connectivity index (χ1n) is 8.81. The number of rotatable bonds is 2. The predicted molar refractivity (Wildman–Crippen MR) is 86.3 cm³/mol. The summed E-state index contributed by atoms with van der Waals surface area (Å²) < 4.78 is 55.4. The fraction of sp³-hybridized carbons (Fsp3) is 0.556. The van der Waals surface area contributed by atoms with E-state index in [0.717, 1.165) is 25.9 Å². The predicted octanol–water partition coefficient (Wildman–Crippen LogP) is 4.02. The molecule has 2 aromatic rings. The number of aromatic nitrogens is 1. The highest BCUT2D eigenvalue weighted by atomic mass is 19.2. The number of likely N-dealkylation sites (tertiary alicyclic amines) is 1. The van der Waals surface area contributed by atoms with Gasteiger partial charge in [-0.15, -0.1) is 0 Å². The van der Waals surface area contributed by atoms with E-state index in [1.165, 1.54) is 12.6 Å². The van der Waals surface area contributed by atoms with Crippen LogP contribution in [0.15, 0.2) is 6.20 Å². The molecule has 2 fully saturated rings. The highest BCUT2D eigenvalue weighted by Gasteiger charge is 2.32. The molecule has 1 N–H and O–H groups in total. The number of hydrogen-bond donors (Lipinski definition) is 1. The zero-order chi connectivity index (χ0) is 17.6. The minimum Gasteiger partial charge on any atom is -0.358 e. The number of fused-ring (bicyclic) bond motifs is 1. The first-order valence-corrected chi connectivity index (χ1v) is 8.81. The van der Waals surface area contributed by atoms with Crippen LogP contribution in [0, 0.1) is 23.3 Å². The number of piperidine rings is 2. The third-order valence-corrected chi connectivity index (χ3v) is 5.49. The standard InChI is InChI=1S/C18H20F4N3/c19-14-13-11(9-24-18(13)17(22)16(21)15(14)20)10-4-5-23-12(8-10)25-6-2-1-3-7-25/h9-10,12,24H,1-8H2/t10?,12-/m1/s1. The fourth-order valence-electron chi connectivity index (χ4n) is 4.17. The number of H-pyrrole nitrogens is 1. The van der Waals surface area contributed by atoms with E-state index < -0.39 is 23.3 Å². The molecule has 7 heteroatoms. The Morgan fingerprint density at radius 1 is 0.960 bits per heavy atom. The van der Waals surface area contributed by atoms with Gasteiger partial charge in [0.15, 0.2) is 23.3 Å². The van der Waals surface area contributed by atoms with Crippen LogP contribution in [0.1, 0.15) is 43.6 Å². The molecule has 2 aliphatic heterocycles. The van der Waals surface area contributed by atoms with Crippen LogP contribution in [0.5, 0.6) is 0 Å². The summed E-state index contributed by atoms with van der Waals surface area (Å²) in [6, 6.07) is 0. The number of aromatic amines is 1. The van der Waals surface area contributed by atoms with Gasteiger partial charge < -0.3 is 4.98 Å². The zero-order valence-electron chi connectivity index (χ0n) is 13.8. The average molecular weight is 354 g/mol. The molecule has 0 aliphatic carbocycles. The van der Waals surface area contributed by atoms with Gasteiger partial charge in [-0.05, 0) is 50.3 Å². The van der Waals surface area contributed by atoms with Crippen molar-refractivity contribution in [1.29, 1.82) is 0 Å². The lowest BCUT2D eigenvalue weighted by Gasteiger charge is -2.39. The van der Waals surface area contributed by atoms with E-state index in [0.29, 0.717) is 24.9 Å². The molecule has 0 spiro atoms. The van der Waals surface area contributed by atoms with Crippen molar-refractivity contribution in [3.8, 4) is 0 Å². The van der Waals surface area contributed by atoms with Crippen LogP contribution in [0.3, 0.4) is 0 Å². The Morgan fingerprint density at radius 2 is 1.68 bits per heavy atom. The molecule has 2 saturated heterocycles. The van der Waals surface area contributed by atoms with E-state index in [2.05, 4.69) is 15.2 Å². The van der Waals surface area contributed by atoms with Gasteiger partial charge in [0, 0.05) is 18.1 Å². The van der Waals surface area contributed by atoms with E-state index in [4.69, 9.17) is 0 Å². The second-order valence-corrected chi connectivity index (χ2v) is 6.95. The van der Waals surface area contributed by atoms with Crippen LogP contribution in [0.25, 0.3) is 10.9 Å². The van der Waals surface area contributed by atoms with Crippen LogP contribution in [-0.4, -0.2) is 35.7 Å². The molecule has 0 amide bonds. The quantitative estimate of drug-likeness (QED) is 0.493. The summed E-state index contributed by atoms with van der Waals surface area (Å²) in [6.07, 6.45) is 6.44. The van der Waals surface area contributed by atoms with Gasteiger partial charge in [0.1, 0.15) is 0 Å². The summed E-state index contributed by atoms with van der Waals surface area (Å²) in [6.45, 7) is 2.63. The van der Waals surface area contributed by atoms with Crippen LogP contribution < -0.4 is 5.32 Å². The fourth-order valence-corrected chi connectivity index (χ4v) is 4.17. The summed E-state index contributed by atoms with van der Waals surface area (Å²) >= 11 is 0. The molecule has 0 bridgehead atoms. The summed E-state index contributed by atoms with van der Waals surface area (Å²) in [5.74, 6) is -6.27. The molecule has 135 valence electrons. The van der Waals surface area contributed by atoms with Gasteiger partial charge in [0.2, 0.25) is 0 Å². The lowest BCUT2D eigenvalue weighted by atomic mass is 9.87. The molecular weight excluding hydrogens is 334 g/mol. The van der Waals surface area contributed by atoms with Crippen molar-refractivity contribution in [3.05, 3.63) is 35.0 Å². The number of nitrogens with one attached hydrogen (secondary N) is 1. The Hall–Kier alpha value is -1.60. The molecule has 1 radical (unpaired) electrons. The highest BCUT2D eigenvalue weighted by molar-refractivity contribution is 5.85. The van der Waals surface area contributed by atoms with Crippen molar-refractivity contribution in [2.24, 2.45) is 0 Å². The monoisotopic (exact) mass is 354 g/mol. The van der Waals surface area contributed by atoms with Gasteiger partial charge in [-0.25, -0.2) is 22.9 Å². The van der Waals surface area contributed by atoms with Crippen LogP contribution in [-0.2, 0) is 0 Å². The molecule has 0 saturated carbocycles. The van der Waals surface area contributed by atoms with E-state index in [9.17, 15) is 17.6 Å². The molecule has 1 aromatic carbocycles. The molecule has 3 nitrogen and oxygen atoms in total. The zero-order valence-corrected chi connectivity index (χ0v) is 13.8. The van der Waals surface area contributed by atoms with Crippen molar-refractivity contribution in [2.45, 2.75) is 44.2 Å². The maximum Gasteiger partial charge on any atom is 0.199 e. The molecule has 25 heavy (non-hydrogen) atoms. The summed E-state index contributed by atoms with van der Waals surface area (Å²) in [5, 5.41) is 4.51. The van der Waals surface area contributed by atoms with Crippen LogP contribution in [0.4, 0.5) is 17.6 Å². The highest BCUT2D eigenvalue weighted by Crippen LogP contribution is 2.37. The average Bonchev–Trinajstić information content (AvgIpc) is 3.11. The number of halogens is 4. The molecule has 1 aromatic heterocycles. The number of benzene rings is 1. The van der Waals surface area contributed by atoms with Gasteiger partial charge in [-0.3, -0.25) is 4.90 Å². The molecule has 1 unspecified atom stereocenters. The summed E-state index contributed by atoms with van der Waals surface area (Å²) in [7, 11) is 0. The second kappa shape index (κ2) is 6.61. The second-order valence-electron chi connectivity index (χ2n) is 6.95. The Bertz CT molecular complexity index is 782. The molecule has 2 atom stereocenters. The van der Waals surface area contributed by atoms with Crippen molar-refractivity contribution in [2.75, 3.05) is 19.6 Å². The first-order chi connectivity index (χ1) is 12.1. The molecule has 3 heterocycles. The van der Waals surface area contributed by atoms with Crippen molar-refractivity contribution in [1.82, 2.24) is 15.2 Å². The Labute approximate surface area is 143 Å². The maximum absolute atomic E-state index is 14.3. The van der Waals surface area contributed by atoms with Crippen LogP contribution in [0.2, 0.25) is 0 Å². The summed E-state index contributed by atoms with van der Waals surface area (Å²) in [4.78, 5) is 4.93. The van der Waals surface area contributed by atoms with E-state index in [1.54, 1.807) is 0 Å². The largest absolute Gasteiger partial charge is 0.358 e. The van der Waals surface area contributed by atoms with Crippen molar-refractivity contribution < 1.29 is 17.6 Å². The lowest BCUT2D eigenvalue weighted by Crippen LogP contribution is -2.48. The Balaban J connectivity index is 1.67. The van der Waals surface area contributed by atoms with Gasteiger partial charge in [-0.1, -0.05) is 6.42 Å². The normalized spacial score (nSPS) is 25.6. The third-order valence-electron chi connectivity index (χ3n) is 5.49. The lowest BCUT2D eigenvalue weighted by molar-refractivity contribution is 0.104. The van der Waals surface area contributed by atoms with E-state index in [1.807, 2.05) is 0 Å². The number of hydrogen-bond acceptors (Lipinski definition) is 1. The molecule has 4 rings (SSSR count). The van der Waals surface area contributed by atoms with Gasteiger partial charge in [-0.2, -0.15) is 0 Å². The number of nitrogens with zero attached hydrogens (tertiary/aromatic N) is 2. The van der Waals surface area contributed by atoms with Crippen LogP contribution >= 0.6 is 0 Å². The Kier molecular flexibility index (Phi) is 4.45. The SMILES string of the molecule is Fc1c(F)c(F)c2c(C3CC[N][C@H](N4CCCCC4)C3)c[nH]c2c1F. The van der Waals surface area contributed by atoms with Gasteiger partial charge in [0.05, 0.1) is 11.7 Å². The van der Waals surface area contributed by atoms with Crippen molar-refractivity contribution in [3.63, 3.8) is 0 Å². The topological polar surface area (TPSA) is 33.1 Å². The smallest absolute Gasteiger partial charge is 0.199 e. The minimum absolute atomic E-state index is 0.0576. The molecular formula is C18H20F4N3. The molecule has 2 aliphatic rings. The minimum atomic E-state index is -1.77. The summed E-state index contributed by atoms with van der Waals surface area (Å²) in [5.41, 5.74) is 0.214.